The lowest BCUT2D eigenvalue weighted by molar-refractivity contribution is 0.0973. The van der Waals surface area contributed by atoms with Crippen LogP contribution in [-0.4, -0.2) is 12.0 Å². The number of rotatable bonds is 0. The largest absolute Gasteiger partial charge is 0.294 e. The van der Waals surface area contributed by atoms with Crippen LogP contribution in [0.2, 0.25) is 0 Å². The molecule has 2 aliphatic rings. The Bertz CT molecular complexity index is 1560. The molecule has 0 unspecified atom stereocenters. The van der Waals surface area contributed by atoms with E-state index in [0.717, 1.165) is 18.4 Å². The van der Waals surface area contributed by atoms with E-state index in [9.17, 15) is 4.79 Å². The zero-order valence-corrected chi connectivity index (χ0v) is 18.3. The maximum Gasteiger partial charge on any atom is 0.163 e. The summed E-state index contributed by atoms with van der Waals surface area (Å²) in [6.07, 6.45) is 8.51. The van der Waals surface area contributed by atoms with Crippen molar-refractivity contribution in [2.24, 2.45) is 4.99 Å². The smallest absolute Gasteiger partial charge is 0.163 e. The van der Waals surface area contributed by atoms with E-state index in [0.29, 0.717) is 12.2 Å². The van der Waals surface area contributed by atoms with E-state index in [1.54, 1.807) is 0 Å². The molecule has 0 radical (unpaired) electrons. The zero-order valence-electron chi connectivity index (χ0n) is 18.3. The van der Waals surface area contributed by atoms with Gasteiger partial charge in [0.1, 0.15) is 0 Å². The topological polar surface area (TPSA) is 29.4 Å². The van der Waals surface area contributed by atoms with E-state index in [-0.39, 0.29) is 0 Å². The highest BCUT2D eigenvalue weighted by molar-refractivity contribution is 6.12. The molecule has 7 rings (SSSR count). The third kappa shape index (κ3) is 3.44. The quantitative estimate of drug-likeness (QED) is 0.233. The van der Waals surface area contributed by atoms with Crippen LogP contribution in [0.25, 0.3) is 38.4 Å². The Morgan fingerprint density at radius 2 is 1.42 bits per heavy atom. The summed E-state index contributed by atoms with van der Waals surface area (Å²) in [4.78, 5) is 16.2. The monoisotopic (exact) mass is 425 g/mol. The minimum absolute atomic E-state index is 0.302. The predicted molar refractivity (Wildman–Crippen MR) is 139 cm³/mol. The summed E-state index contributed by atoms with van der Waals surface area (Å²) in [6.45, 7) is 0. The molecule has 33 heavy (non-hydrogen) atoms. The standard InChI is InChI=1S/C18H14O.C13H9N/c19-18-7-3-6-14-16-9-8-12-4-1-2-5-13(12)15(16)10-11-17(14)18;1-3-10-4-2-6-12-9-14-8-7-11(5-1)13(10)12/h1-2,4-5,8-11H,3,6-7H2;1-9H. The van der Waals surface area contributed by atoms with Gasteiger partial charge in [0.15, 0.2) is 5.78 Å². The molecule has 1 aliphatic carbocycles. The zero-order chi connectivity index (χ0) is 22.2. The maximum atomic E-state index is 12.0. The summed E-state index contributed by atoms with van der Waals surface area (Å²) in [5, 5.41) is 7.64. The maximum absolute atomic E-state index is 12.0. The van der Waals surface area contributed by atoms with Gasteiger partial charge in [0.05, 0.1) is 0 Å². The highest BCUT2D eigenvalue weighted by Crippen LogP contribution is 2.33. The van der Waals surface area contributed by atoms with Crippen molar-refractivity contribution >= 4 is 50.4 Å². The first-order valence-electron chi connectivity index (χ1n) is 11.5. The molecule has 0 bridgehead atoms. The van der Waals surface area contributed by atoms with Gasteiger partial charge in [0.2, 0.25) is 0 Å². The third-order valence-electron chi connectivity index (χ3n) is 6.69. The molecule has 0 saturated carbocycles. The van der Waals surface area contributed by atoms with Crippen LogP contribution < -0.4 is 0 Å². The van der Waals surface area contributed by atoms with Gasteiger partial charge >= 0.3 is 0 Å². The van der Waals surface area contributed by atoms with Gasteiger partial charge in [0, 0.05) is 30.0 Å². The molecule has 0 atom stereocenters. The number of carbonyl (C=O) groups is 1. The van der Waals surface area contributed by atoms with E-state index in [1.807, 2.05) is 18.5 Å². The molecule has 5 aromatic rings. The van der Waals surface area contributed by atoms with Crippen LogP contribution in [0.4, 0.5) is 0 Å². The molecule has 5 aromatic carbocycles. The Kier molecular flexibility index (Phi) is 4.84. The predicted octanol–water partition coefficient (Wildman–Crippen LogP) is 7.76. The van der Waals surface area contributed by atoms with E-state index >= 15 is 0 Å². The van der Waals surface area contributed by atoms with E-state index in [2.05, 4.69) is 89.9 Å². The molecule has 158 valence electrons. The molecule has 0 N–H and O–H groups in total. The minimum Gasteiger partial charge on any atom is -0.294 e. The van der Waals surface area contributed by atoms with Crippen molar-refractivity contribution in [1.82, 2.24) is 0 Å². The Balaban J connectivity index is 0.000000131. The molecule has 2 nitrogen and oxygen atoms in total. The number of carbonyl (C=O) groups excluding carboxylic acids is 1. The van der Waals surface area contributed by atoms with Gasteiger partial charge in [0.25, 0.3) is 0 Å². The number of hydrogen-bond acceptors (Lipinski definition) is 2. The van der Waals surface area contributed by atoms with Crippen molar-refractivity contribution in [2.75, 3.05) is 0 Å². The summed E-state index contributed by atoms with van der Waals surface area (Å²) >= 11 is 0. The highest BCUT2D eigenvalue weighted by atomic mass is 16.1. The Hall–Kier alpha value is -4.04. The van der Waals surface area contributed by atoms with Crippen molar-refractivity contribution < 1.29 is 4.79 Å². The highest BCUT2D eigenvalue weighted by Gasteiger charge is 2.19. The number of aliphatic imine (C=N–C) groups is 1. The van der Waals surface area contributed by atoms with Crippen LogP contribution in [0.3, 0.4) is 0 Å². The normalized spacial score (nSPS) is 14.1. The lowest BCUT2D eigenvalue weighted by atomic mass is 9.86. The number of aryl methyl sites for hydroxylation is 1. The summed E-state index contributed by atoms with van der Waals surface area (Å²) in [6, 6.07) is 29.5. The summed E-state index contributed by atoms with van der Waals surface area (Å²) in [7, 11) is 0. The fourth-order valence-electron chi connectivity index (χ4n) is 5.13. The number of Topliss-reactive ketones (excluding diaryl/α,β-unsaturated/α-hetero) is 1. The van der Waals surface area contributed by atoms with Crippen LogP contribution in [-0.2, 0) is 6.42 Å². The van der Waals surface area contributed by atoms with Crippen LogP contribution in [0.5, 0.6) is 0 Å². The fraction of sp³-hybridized carbons (Fsp3) is 0.0968. The van der Waals surface area contributed by atoms with Gasteiger partial charge in [-0.2, -0.15) is 0 Å². The third-order valence-corrected chi connectivity index (χ3v) is 6.69. The molecular weight excluding hydrogens is 402 g/mol. The molecule has 0 saturated heterocycles. The molecule has 1 aliphatic heterocycles. The number of benzene rings is 5. The van der Waals surface area contributed by atoms with E-state index in [1.165, 1.54) is 49.0 Å². The van der Waals surface area contributed by atoms with E-state index < -0.39 is 0 Å². The first-order valence-corrected chi connectivity index (χ1v) is 11.5. The average molecular weight is 426 g/mol. The summed E-state index contributed by atoms with van der Waals surface area (Å²) in [5.74, 6) is 0.302. The van der Waals surface area contributed by atoms with Gasteiger partial charge in [-0.05, 0) is 62.4 Å². The molecule has 2 heteroatoms. The molecule has 0 aromatic heterocycles. The number of ketones is 1. The minimum atomic E-state index is 0.302. The van der Waals surface area contributed by atoms with Crippen molar-refractivity contribution in [3.8, 4) is 0 Å². The molecule has 0 fully saturated rings. The Morgan fingerprint density at radius 1 is 0.636 bits per heavy atom. The first kappa shape index (κ1) is 19.6. The molecular formula is C31H23NO. The van der Waals surface area contributed by atoms with E-state index in [4.69, 9.17) is 0 Å². The van der Waals surface area contributed by atoms with Crippen molar-refractivity contribution in [2.45, 2.75) is 19.3 Å². The number of hydrogen-bond donors (Lipinski definition) is 0. The van der Waals surface area contributed by atoms with Crippen molar-refractivity contribution in [3.05, 3.63) is 113 Å². The lowest BCUT2D eigenvalue weighted by Gasteiger charge is -2.17. The second-order valence-electron chi connectivity index (χ2n) is 8.64. The second kappa shape index (κ2) is 8.14. The first-order chi connectivity index (χ1) is 16.3. The van der Waals surface area contributed by atoms with Gasteiger partial charge in [-0.1, -0.05) is 84.9 Å². The SMILES string of the molecule is C1=Cc2cccc3cccc(c23)C=N1.O=C1CCCc2c1ccc1c2ccc2ccccc21. The van der Waals surface area contributed by atoms with Gasteiger partial charge in [-0.3, -0.25) is 9.79 Å². The Morgan fingerprint density at radius 3 is 2.33 bits per heavy atom. The van der Waals surface area contributed by atoms with Crippen molar-refractivity contribution in [3.63, 3.8) is 0 Å². The summed E-state index contributed by atoms with van der Waals surface area (Å²) < 4.78 is 0. The van der Waals surface area contributed by atoms with Crippen LogP contribution in [0, 0.1) is 0 Å². The molecule has 0 spiro atoms. The number of fused-ring (bicyclic) bond motifs is 5. The molecule has 0 amide bonds. The molecule has 1 heterocycles. The second-order valence-corrected chi connectivity index (χ2v) is 8.64. The Labute approximate surface area is 192 Å². The van der Waals surface area contributed by atoms with Gasteiger partial charge < -0.3 is 0 Å². The van der Waals surface area contributed by atoms with Crippen molar-refractivity contribution in [1.29, 1.82) is 0 Å². The van der Waals surface area contributed by atoms with Crippen LogP contribution in [0.15, 0.2) is 96.1 Å². The lowest BCUT2D eigenvalue weighted by Crippen LogP contribution is -2.10. The van der Waals surface area contributed by atoms with Gasteiger partial charge in [-0.25, -0.2) is 0 Å². The van der Waals surface area contributed by atoms with Crippen LogP contribution in [0.1, 0.15) is 39.9 Å². The number of nitrogens with zero attached hydrogens (tertiary/aromatic N) is 1. The summed E-state index contributed by atoms with van der Waals surface area (Å²) in [5.41, 5.74) is 4.63. The average Bonchev–Trinajstić information content (AvgIpc) is 3.08. The fourth-order valence-corrected chi connectivity index (χ4v) is 5.13. The van der Waals surface area contributed by atoms with Gasteiger partial charge in [-0.15, -0.1) is 0 Å². The van der Waals surface area contributed by atoms with Crippen LogP contribution >= 0.6 is 0 Å².